The number of carbonyl (C=O) groups is 2. The number of carboxylic acid groups (broad SMARTS) is 1. The smallest absolute Gasteiger partial charge is 0.308 e. The van der Waals surface area contributed by atoms with Crippen LogP contribution in [-0.2, 0) is 14.3 Å². The lowest BCUT2D eigenvalue weighted by atomic mass is 9.87. The Balaban J connectivity index is 1.92. The van der Waals surface area contributed by atoms with Gasteiger partial charge in [0.25, 0.3) is 0 Å². The standard InChI is InChI=1S/C18H23NO6/c1-18(9-25-10-18)17(22)19-7-12(13(8-19)16(20)21)11-5-4-6-14(23-2)15(11)24-3/h4-6,12-13H,7-10H2,1-3H3,(H,20,21)/t12-,13+/m0/s1. The van der Waals surface area contributed by atoms with E-state index in [1.165, 1.54) is 14.2 Å². The minimum absolute atomic E-state index is 0.0469. The van der Waals surface area contributed by atoms with Gasteiger partial charge in [-0.1, -0.05) is 12.1 Å². The van der Waals surface area contributed by atoms with Gasteiger partial charge in [0.1, 0.15) is 0 Å². The monoisotopic (exact) mass is 349 g/mol. The van der Waals surface area contributed by atoms with Gasteiger partial charge in [-0.15, -0.1) is 0 Å². The zero-order valence-electron chi connectivity index (χ0n) is 14.7. The molecule has 2 heterocycles. The van der Waals surface area contributed by atoms with Crippen molar-refractivity contribution in [2.75, 3.05) is 40.5 Å². The van der Waals surface area contributed by atoms with Crippen molar-refractivity contribution in [2.24, 2.45) is 11.3 Å². The molecule has 1 N–H and O–H groups in total. The third kappa shape index (κ3) is 2.93. The molecule has 0 aliphatic carbocycles. The summed E-state index contributed by atoms with van der Waals surface area (Å²) < 4.78 is 16.0. The number of aliphatic carboxylic acids is 1. The highest BCUT2D eigenvalue weighted by atomic mass is 16.5. The number of likely N-dealkylation sites (tertiary alicyclic amines) is 1. The highest BCUT2D eigenvalue weighted by molar-refractivity contribution is 5.85. The van der Waals surface area contributed by atoms with Crippen LogP contribution in [0.3, 0.4) is 0 Å². The van der Waals surface area contributed by atoms with Crippen LogP contribution in [0, 0.1) is 11.3 Å². The molecule has 1 aromatic rings. The van der Waals surface area contributed by atoms with Crippen LogP contribution in [0.5, 0.6) is 11.5 Å². The Kier molecular flexibility index (Phi) is 4.60. The molecule has 7 nitrogen and oxygen atoms in total. The van der Waals surface area contributed by atoms with E-state index in [0.717, 1.165) is 5.56 Å². The molecule has 0 bridgehead atoms. The fourth-order valence-corrected chi connectivity index (χ4v) is 3.65. The van der Waals surface area contributed by atoms with Crippen molar-refractivity contribution in [3.8, 4) is 11.5 Å². The lowest BCUT2D eigenvalue weighted by Crippen LogP contribution is -2.53. The van der Waals surface area contributed by atoms with E-state index in [1.807, 2.05) is 13.0 Å². The van der Waals surface area contributed by atoms with Crippen LogP contribution < -0.4 is 9.47 Å². The van der Waals surface area contributed by atoms with Gasteiger partial charge in [-0.05, 0) is 13.0 Å². The molecule has 2 saturated heterocycles. The van der Waals surface area contributed by atoms with Crippen molar-refractivity contribution in [1.82, 2.24) is 4.90 Å². The van der Waals surface area contributed by atoms with E-state index in [9.17, 15) is 14.7 Å². The molecule has 2 aliphatic rings. The molecule has 3 rings (SSSR count). The number of carboxylic acids is 1. The topological polar surface area (TPSA) is 85.3 Å². The molecular formula is C18H23NO6. The molecule has 7 heteroatoms. The maximum absolute atomic E-state index is 12.8. The van der Waals surface area contributed by atoms with Crippen LogP contribution in [0.25, 0.3) is 0 Å². The second-order valence-electron chi connectivity index (χ2n) is 6.90. The van der Waals surface area contributed by atoms with Gasteiger partial charge >= 0.3 is 5.97 Å². The fraction of sp³-hybridized carbons (Fsp3) is 0.556. The first-order chi connectivity index (χ1) is 11.9. The lowest BCUT2D eigenvalue weighted by Gasteiger charge is -2.39. The molecule has 25 heavy (non-hydrogen) atoms. The predicted octanol–water partition coefficient (Wildman–Crippen LogP) is 1.37. The van der Waals surface area contributed by atoms with E-state index in [-0.39, 0.29) is 18.4 Å². The van der Waals surface area contributed by atoms with Crippen molar-refractivity contribution in [2.45, 2.75) is 12.8 Å². The Hall–Kier alpha value is -2.28. The molecule has 2 aliphatic heterocycles. The second kappa shape index (κ2) is 6.55. The van der Waals surface area contributed by atoms with Crippen LogP contribution in [0.4, 0.5) is 0 Å². The predicted molar refractivity (Wildman–Crippen MR) is 88.9 cm³/mol. The van der Waals surface area contributed by atoms with Gasteiger partial charge in [0.2, 0.25) is 5.91 Å². The minimum Gasteiger partial charge on any atom is -0.493 e. The van der Waals surface area contributed by atoms with Gasteiger partial charge < -0.3 is 24.2 Å². The zero-order valence-corrected chi connectivity index (χ0v) is 14.7. The van der Waals surface area contributed by atoms with Gasteiger partial charge in [-0.2, -0.15) is 0 Å². The van der Waals surface area contributed by atoms with E-state index in [2.05, 4.69) is 0 Å². The van der Waals surface area contributed by atoms with Crippen LogP contribution >= 0.6 is 0 Å². The van der Waals surface area contributed by atoms with E-state index >= 15 is 0 Å². The molecular weight excluding hydrogens is 326 g/mol. The van der Waals surface area contributed by atoms with E-state index in [0.29, 0.717) is 31.3 Å². The summed E-state index contributed by atoms with van der Waals surface area (Å²) in [5.41, 5.74) is 0.204. The summed E-state index contributed by atoms with van der Waals surface area (Å²) in [6.45, 7) is 3.15. The lowest BCUT2D eigenvalue weighted by molar-refractivity contribution is -0.167. The van der Waals surface area contributed by atoms with Crippen molar-refractivity contribution >= 4 is 11.9 Å². The third-order valence-electron chi connectivity index (χ3n) is 5.11. The summed E-state index contributed by atoms with van der Waals surface area (Å²) >= 11 is 0. The number of nitrogens with zero attached hydrogens (tertiary/aromatic N) is 1. The quantitative estimate of drug-likeness (QED) is 0.864. The summed E-state index contributed by atoms with van der Waals surface area (Å²) in [6.07, 6.45) is 0. The maximum atomic E-state index is 12.8. The number of para-hydroxylation sites is 1. The molecule has 136 valence electrons. The number of methoxy groups -OCH3 is 2. The molecule has 1 amide bonds. The van der Waals surface area contributed by atoms with Crippen molar-refractivity contribution < 1.29 is 28.9 Å². The van der Waals surface area contributed by atoms with Crippen molar-refractivity contribution in [3.05, 3.63) is 23.8 Å². The largest absolute Gasteiger partial charge is 0.493 e. The van der Waals surface area contributed by atoms with Crippen LogP contribution in [0.2, 0.25) is 0 Å². The molecule has 0 saturated carbocycles. The molecule has 2 atom stereocenters. The first kappa shape index (κ1) is 17.5. The van der Waals surface area contributed by atoms with E-state index in [4.69, 9.17) is 14.2 Å². The molecule has 0 unspecified atom stereocenters. The Morgan fingerprint density at radius 3 is 2.48 bits per heavy atom. The number of hydrogen-bond acceptors (Lipinski definition) is 5. The normalized spacial score (nSPS) is 24.5. The van der Waals surface area contributed by atoms with Gasteiger partial charge in [-0.3, -0.25) is 9.59 Å². The Morgan fingerprint density at radius 2 is 1.96 bits per heavy atom. The Bertz CT molecular complexity index is 684. The van der Waals surface area contributed by atoms with Gasteiger partial charge in [0, 0.05) is 24.6 Å². The number of carbonyl (C=O) groups excluding carboxylic acids is 1. The maximum Gasteiger partial charge on any atom is 0.308 e. The highest BCUT2D eigenvalue weighted by Crippen LogP contribution is 2.43. The molecule has 0 radical (unpaired) electrons. The van der Waals surface area contributed by atoms with E-state index in [1.54, 1.807) is 17.0 Å². The Labute approximate surface area is 146 Å². The van der Waals surface area contributed by atoms with Crippen molar-refractivity contribution in [1.29, 1.82) is 0 Å². The van der Waals surface area contributed by atoms with Crippen LogP contribution in [0.1, 0.15) is 18.4 Å². The zero-order chi connectivity index (χ0) is 18.2. The van der Waals surface area contributed by atoms with Gasteiger partial charge in [0.05, 0.1) is 38.8 Å². The van der Waals surface area contributed by atoms with E-state index < -0.39 is 17.3 Å². The third-order valence-corrected chi connectivity index (χ3v) is 5.11. The Morgan fingerprint density at radius 1 is 1.24 bits per heavy atom. The first-order valence-electron chi connectivity index (χ1n) is 8.22. The second-order valence-corrected chi connectivity index (χ2v) is 6.90. The average Bonchev–Trinajstić information content (AvgIpc) is 3.03. The van der Waals surface area contributed by atoms with Crippen LogP contribution in [-0.4, -0.2) is 62.4 Å². The average molecular weight is 349 g/mol. The number of rotatable bonds is 5. The number of amides is 1. The number of benzene rings is 1. The molecule has 0 spiro atoms. The summed E-state index contributed by atoms with van der Waals surface area (Å²) in [7, 11) is 3.07. The summed E-state index contributed by atoms with van der Waals surface area (Å²) in [5, 5.41) is 9.67. The SMILES string of the molecule is COc1cccc([C@@H]2CN(C(=O)C3(C)COC3)C[C@H]2C(=O)O)c1OC. The summed E-state index contributed by atoms with van der Waals surface area (Å²) in [5.74, 6) is -0.929. The molecule has 0 aromatic heterocycles. The minimum atomic E-state index is -0.916. The molecule has 2 fully saturated rings. The fourth-order valence-electron chi connectivity index (χ4n) is 3.65. The highest BCUT2D eigenvalue weighted by Gasteiger charge is 2.49. The van der Waals surface area contributed by atoms with Gasteiger partial charge in [-0.25, -0.2) is 0 Å². The number of ether oxygens (including phenoxy) is 3. The number of hydrogen-bond donors (Lipinski definition) is 1. The summed E-state index contributed by atoms with van der Waals surface area (Å²) in [6, 6.07) is 5.41. The summed E-state index contributed by atoms with van der Waals surface area (Å²) in [4.78, 5) is 26.2. The molecule has 1 aromatic carbocycles. The first-order valence-corrected chi connectivity index (χ1v) is 8.22. The van der Waals surface area contributed by atoms with Crippen molar-refractivity contribution in [3.63, 3.8) is 0 Å². The van der Waals surface area contributed by atoms with Gasteiger partial charge in [0.15, 0.2) is 11.5 Å². The van der Waals surface area contributed by atoms with Crippen LogP contribution in [0.15, 0.2) is 18.2 Å².